The SMILES string of the molecule is FC(F)(F)c1cccc(-c2noc(CN3CCOc4ccccc4C3)n2)c1. The monoisotopic (exact) mass is 375 g/mol. The molecule has 0 unspecified atom stereocenters. The Morgan fingerprint density at radius 1 is 1.07 bits per heavy atom. The van der Waals surface area contributed by atoms with Crippen LogP contribution in [0.15, 0.2) is 53.1 Å². The number of hydrogen-bond acceptors (Lipinski definition) is 5. The van der Waals surface area contributed by atoms with Crippen molar-refractivity contribution in [2.45, 2.75) is 19.3 Å². The van der Waals surface area contributed by atoms with E-state index >= 15 is 0 Å². The third kappa shape index (κ3) is 3.95. The van der Waals surface area contributed by atoms with E-state index in [4.69, 9.17) is 9.26 Å². The second kappa shape index (κ2) is 7.03. The molecule has 0 bridgehead atoms. The summed E-state index contributed by atoms with van der Waals surface area (Å²) in [4.78, 5) is 6.35. The maximum Gasteiger partial charge on any atom is 0.416 e. The first-order chi connectivity index (χ1) is 13.0. The minimum atomic E-state index is -4.41. The standard InChI is InChI=1S/C19H16F3N3O2/c20-19(21,22)15-6-3-5-13(10-15)18-23-17(27-24-18)12-25-8-9-26-16-7-2-1-4-14(16)11-25/h1-7,10H,8-9,11-12H2. The van der Waals surface area contributed by atoms with Gasteiger partial charge in [-0.05, 0) is 18.2 Å². The van der Waals surface area contributed by atoms with Crippen LogP contribution in [0.5, 0.6) is 5.75 Å². The van der Waals surface area contributed by atoms with E-state index in [0.717, 1.165) is 23.4 Å². The van der Waals surface area contributed by atoms with Crippen molar-refractivity contribution < 1.29 is 22.4 Å². The van der Waals surface area contributed by atoms with Crippen LogP contribution in [-0.4, -0.2) is 28.2 Å². The molecule has 1 aliphatic rings. The molecule has 8 heteroatoms. The van der Waals surface area contributed by atoms with Crippen LogP contribution in [0.4, 0.5) is 13.2 Å². The first-order valence-corrected chi connectivity index (χ1v) is 8.42. The van der Waals surface area contributed by atoms with Gasteiger partial charge in [-0.2, -0.15) is 18.2 Å². The molecule has 0 radical (unpaired) electrons. The van der Waals surface area contributed by atoms with E-state index in [-0.39, 0.29) is 11.4 Å². The summed E-state index contributed by atoms with van der Waals surface area (Å²) in [6, 6.07) is 12.7. The second-order valence-electron chi connectivity index (χ2n) is 6.26. The molecule has 1 aliphatic heterocycles. The van der Waals surface area contributed by atoms with Crippen molar-refractivity contribution in [3.63, 3.8) is 0 Å². The highest BCUT2D eigenvalue weighted by Crippen LogP contribution is 2.31. The van der Waals surface area contributed by atoms with Crippen LogP contribution in [0.3, 0.4) is 0 Å². The number of benzene rings is 2. The normalized spacial score (nSPS) is 15.1. The molecule has 2 heterocycles. The number of nitrogens with zero attached hydrogens (tertiary/aromatic N) is 3. The topological polar surface area (TPSA) is 51.4 Å². The van der Waals surface area contributed by atoms with Gasteiger partial charge in [0.25, 0.3) is 0 Å². The largest absolute Gasteiger partial charge is 0.492 e. The highest BCUT2D eigenvalue weighted by molar-refractivity contribution is 5.55. The van der Waals surface area contributed by atoms with Crippen molar-refractivity contribution in [3.8, 4) is 17.1 Å². The van der Waals surface area contributed by atoms with Gasteiger partial charge in [0, 0.05) is 24.2 Å². The number of para-hydroxylation sites is 1. The molecule has 0 atom stereocenters. The van der Waals surface area contributed by atoms with Gasteiger partial charge in [-0.25, -0.2) is 0 Å². The molecule has 0 fully saturated rings. The lowest BCUT2D eigenvalue weighted by molar-refractivity contribution is -0.137. The van der Waals surface area contributed by atoms with Gasteiger partial charge in [-0.3, -0.25) is 4.90 Å². The minimum absolute atomic E-state index is 0.141. The van der Waals surface area contributed by atoms with Crippen molar-refractivity contribution >= 4 is 0 Å². The molecule has 0 saturated heterocycles. The lowest BCUT2D eigenvalue weighted by atomic mass is 10.1. The number of ether oxygens (including phenoxy) is 1. The Bertz CT molecular complexity index is 940. The molecule has 0 N–H and O–H groups in total. The predicted octanol–water partition coefficient (Wildman–Crippen LogP) is 4.15. The Morgan fingerprint density at radius 3 is 2.78 bits per heavy atom. The molecular formula is C19H16F3N3O2. The Balaban J connectivity index is 1.50. The number of rotatable bonds is 3. The average Bonchev–Trinajstić information content (AvgIpc) is 3.01. The van der Waals surface area contributed by atoms with E-state index in [1.165, 1.54) is 12.1 Å². The van der Waals surface area contributed by atoms with E-state index in [1.54, 1.807) is 0 Å². The van der Waals surface area contributed by atoms with E-state index in [2.05, 4.69) is 15.0 Å². The molecule has 4 rings (SSSR count). The Kier molecular flexibility index (Phi) is 4.57. The summed E-state index contributed by atoms with van der Waals surface area (Å²) in [5, 5.41) is 3.83. The highest BCUT2D eigenvalue weighted by atomic mass is 19.4. The maximum absolute atomic E-state index is 12.9. The van der Waals surface area contributed by atoms with Gasteiger partial charge < -0.3 is 9.26 Å². The van der Waals surface area contributed by atoms with Crippen LogP contribution in [0.1, 0.15) is 17.0 Å². The average molecular weight is 375 g/mol. The maximum atomic E-state index is 12.9. The summed E-state index contributed by atoms with van der Waals surface area (Å²) < 4.78 is 49.6. The molecule has 3 aromatic rings. The van der Waals surface area contributed by atoms with Gasteiger partial charge >= 0.3 is 6.18 Å². The van der Waals surface area contributed by atoms with E-state index in [1.807, 2.05) is 24.3 Å². The summed E-state index contributed by atoms with van der Waals surface area (Å²) >= 11 is 0. The van der Waals surface area contributed by atoms with Gasteiger partial charge in [-0.1, -0.05) is 35.5 Å². The van der Waals surface area contributed by atoms with Crippen LogP contribution in [0.25, 0.3) is 11.4 Å². The zero-order valence-electron chi connectivity index (χ0n) is 14.2. The number of alkyl halides is 3. The lowest BCUT2D eigenvalue weighted by Crippen LogP contribution is -2.25. The molecule has 0 spiro atoms. The van der Waals surface area contributed by atoms with Crippen LogP contribution >= 0.6 is 0 Å². The van der Waals surface area contributed by atoms with Gasteiger partial charge in [0.15, 0.2) is 0 Å². The van der Waals surface area contributed by atoms with Crippen molar-refractivity contribution in [1.29, 1.82) is 0 Å². The summed E-state index contributed by atoms with van der Waals surface area (Å²) in [5.41, 5.74) is 0.588. The molecule has 140 valence electrons. The molecule has 27 heavy (non-hydrogen) atoms. The number of fused-ring (bicyclic) bond motifs is 1. The number of hydrogen-bond donors (Lipinski definition) is 0. The van der Waals surface area contributed by atoms with Crippen molar-refractivity contribution in [3.05, 3.63) is 65.5 Å². The zero-order chi connectivity index (χ0) is 18.9. The summed E-state index contributed by atoms with van der Waals surface area (Å²) in [6.07, 6.45) is -4.41. The third-order valence-corrected chi connectivity index (χ3v) is 4.31. The van der Waals surface area contributed by atoms with E-state index in [0.29, 0.717) is 32.1 Å². The Labute approximate surface area is 153 Å². The van der Waals surface area contributed by atoms with Gasteiger partial charge in [0.05, 0.1) is 12.1 Å². The first kappa shape index (κ1) is 17.5. The smallest absolute Gasteiger partial charge is 0.416 e. The third-order valence-electron chi connectivity index (χ3n) is 4.31. The summed E-state index contributed by atoms with van der Waals surface area (Å²) in [6.45, 7) is 2.27. The number of halogens is 3. The quantitative estimate of drug-likeness (QED) is 0.688. The fourth-order valence-electron chi connectivity index (χ4n) is 2.98. The zero-order valence-corrected chi connectivity index (χ0v) is 14.2. The molecule has 2 aromatic carbocycles. The van der Waals surface area contributed by atoms with Gasteiger partial charge in [-0.15, -0.1) is 0 Å². The molecule has 5 nitrogen and oxygen atoms in total. The Morgan fingerprint density at radius 2 is 1.93 bits per heavy atom. The van der Waals surface area contributed by atoms with Gasteiger partial charge in [0.2, 0.25) is 11.7 Å². The fourth-order valence-corrected chi connectivity index (χ4v) is 2.98. The lowest BCUT2D eigenvalue weighted by Gasteiger charge is -2.16. The molecule has 0 saturated carbocycles. The molecule has 0 amide bonds. The van der Waals surface area contributed by atoms with E-state index < -0.39 is 11.7 Å². The first-order valence-electron chi connectivity index (χ1n) is 8.42. The highest BCUT2D eigenvalue weighted by Gasteiger charge is 2.30. The van der Waals surface area contributed by atoms with Crippen LogP contribution < -0.4 is 4.74 Å². The fraction of sp³-hybridized carbons (Fsp3) is 0.263. The van der Waals surface area contributed by atoms with Crippen molar-refractivity contribution in [2.75, 3.05) is 13.2 Å². The molecular weight excluding hydrogens is 359 g/mol. The summed E-state index contributed by atoms with van der Waals surface area (Å²) in [5.74, 6) is 1.35. The van der Waals surface area contributed by atoms with Crippen LogP contribution in [-0.2, 0) is 19.3 Å². The Hall–Kier alpha value is -2.87. The van der Waals surface area contributed by atoms with E-state index in [9.17, 15) is 13.2 Å². The van der Waals surface area contributed by atoms with Crippen molar-refractivity contribution in [2.24, 2.45) is 0 Å². The summed E-state index contributed by atoms with van der Waals surface area (Å²) in [7, 11) is 0. The minimum Gasteiger partial charge on any atom is -0.492 e. The van der Waals surface area contributed by atoms with Gasteiger partial charge in [0.1, 0.15) is 12.4 Å². The number of aromatic nitrogens is 2. The van der Waals surface area contributed by atoms with Crippen LogP contribution in [0.2, 0.25) is 0 Å². The predicted molar refractivity (Wildman–Crippen MR) is 90.8 cm³/mol. The molecule has 0 aliphatic carbocycles. The van der Waals surface area contributed by atoms with Crippen molar-refractivity contribution in [1.82, 2.24) is 15.0 Å². The molecule has 1 aromatic heterocycles. The second-order valence-corrected chi connectivity index (χ2v) is 6.26. The van der Waals surface area contributed by atoms with Crippen LogP contribution in [0, 0.1) is 0 Å².